The van der Waals surface area contributed by atoms with Gasteiger partial charge in [-0.15, -0.1) is 0 Å². The van der Waals surface area contributed by atoms with Gasteiger partial charge in [-0.3, -0.25) is 14.5 Å². The van der Waals surface area contributed by atoms with Crippen LogP contribution in [0.3, 0.4) is 0 Å². The summed E-state index contributed by atoms with van der Waals surface area (Å²) >= 11 is 2.11. The van der Waals surface area contributed by atoms with E-state index in [0.29, 0.717) is 12.2 Å². The number of carbonyl (C=O) groups excluding carboxylic acids is 2. The molecule has 0 heterocycles. The van der Waals surface area contributed by atoms with E-state index in [2.05, 4.69) is 0 Å². The summed E-state index contributed by atoms with van der Waals surface area (Å²) < 4.78 is 0. The molecule has 0 aliphatic carbocycles. The van der Waals surface area contributed by atoms with Crippen LogP contribution in [0.5, 0.6) is 0 Å². The molecule has 5 nitrogen and oxygen atoms in total. The Balaban J connectivity index is 3.85. The topological polar surface area (TPSA) is 89.4 Å². The first-order valence-corrected chi connectivity index (χ1v) is 5.84. The molecule has 0 aliphatic rings. The third kappa shape index (κ3) is 7.05. The van der Waals surface area contributed by atoms with Crippen LogP contribution in [0.1, 0.15) is 6.42 Å². The Morgan fingerprint density at radius 2 is 1.86 bits per heavy atom. The molecule has 2 amide bonds. The molecule has 0 bridgehead atoms. The maximum absolute atomic E-state index is 10.7. The van der Waals surface area contributed by atoms with Gasteiger partial charge in [-0.05, 0) is 32.3 Å². The van der Waals surface area contributed by atoms with Crippen molar-refractivity contribution in [3.8, 4) is 0 Å². The van der Waals surface area contributed by atoms with Gasteiger partial charge in [0.2, 0.25) is 0 Å². The molecule has 0 aromatic carbocycles. The molecule has 1 atom stereocenters. The maximum Gasteiger partial charge on any atom is 0.278 e. The van der Waals surface area contributed by atoms with E-state index in [1.54, 1.807) is 0 Å². The Labute approximate surface area is 91.9 Å². The fourth-order valence-corrected chi connectivity index (χ4v) is 2.22. The molecule has 0 rings (SSSR count). The number of hydrogen-bond acceptors (Lipinski definition) is 5. The summed E-state index contributed by atoms with van der Waals surface area (Å²) in [4.78, 5) is 23.0. The fourth-order valence-electron chi connectivity index (χ4n) is 0.817. The standard InChI is InChI=1S/C7H15N3O2S2/c1-10(2)5(14-7(9)12)3-4-13-6(8)11/h5H,3-4H2,1-2H3,(H2,8,11)(H2,9,12)/t5-/m0/s1. The number of nitrogens with two attached hydrogens (primary N) is 2. The van der Waals surface area contributed by atoms with Gasteiger partial charge in [-0.2, -0.15) is 0 Å². The number of rotatable bonds is 5. The molecule has 0 saturated heterocycles. The summed E-state index contributed by atoms with van der Waals surface area (Å²) in [5, 5.41) is -0.807. The molecular weight excluding hydrogens is 222 g/mol. The Kier molecular flexibility index (Phi) is 6.77. The van der Waals surface area contributed by atoms with Crippen LogP contribution in [0.2, 0.25) is 0 Å². The Hall–Kier alpha value is -0.400. The fraction of sp³-hybridized carbons (Fsp3) is 0.714. The predicted octanol–water partition coefficient (Wildman–Crippen LogP) is 0.888. The lowest BCUT2D eigenvalue weighted by molar-refractivity contribution is 0.266. The largest absolute Gasteiger partial charge is 0.361 e. The van der Waals surface area contributed by atoms with Crippen molar-refractivity contribution in [1.29, 1.82) is 0 Å². The molecule has 14 heavy (non-hydrogen) atoms. The van der Waals surface area contributed by atoms with Crippen LogP contribution >= 0.6 is 23.5 Å². The van der Waals surface area contributed by atoms with Gasteiger partial charge in [0.05, 0.1) is 5.37 Å². The van der Waals surface area contributed by atoms with Gasteiger partial charge in [-0.1, -0.05) is 11.8 Å². The lowest BCUT2D eigenvalue weighted by atomic mass is 10.4. The summed E-state index contributed by atoms with van der Waals surface area (Å²) in [6.07, 6.45) is 0.689. The van der Waals surface area contributed by atoms with Crippen molar-refractivity contribution in [2.24, 2.45) is 11.5 Å². The number of thioether (sulfide) groups is 2. The van der Waals surface area contributed by atoms with Crippen LogP contribution in [0.15, 0.2) is 0 Å². The first kappa shape index (κ1) is 13.6. The monoisotopic (exact) mass is 237 g/mol. The zero-order chi connectivity index (χ0) is 11.1. The zero-order valence-corrected chi connectivity index (χ0v) is 9.86. The van der Waals surface area contributed by atoms with Crippen molar-refractivity contribution in [2.45, 2.75) is 11.8 Å². The highest BCUT2D eigenvalue weighted by atomic mass is 32.2. The average Bonchev–Trinajstić information content (AvgIpc) is 2.00. The van der Waals surface area contributed by atoms with Crippen LogP contribution in [0, 0.1) is 0 Å². The lowest BCUT2D eigenvalue weighted by Gasteiger charge is -2.21. The van der Waals surface area contributed by atoms with Gasteiger partial charge >= 0.3 is 0 Å². The first-order chi connectivity index (χ1) is 6.43. The number of carbonyl (C=O) groups is 2. The van der Waals surface area contributed by atoms with Gasteiger partial charge in [-0.25, -0.2) is 0 Å². The second-order valence-electron chi connectivity index (χ2n) is 2.81. The van der Waals surface area contributed by atoms with Crippen molar-refractivity contribution >= 4 is 34.0 Å². The van der Waals surface area contributed by atoms with Crippen LogP contribution in [0.4, 0.5) is 9.59 Å². The van der Waals surface area contributed by atoms with Gasteiger partial charge in [0, 0.05) is 5.75 Å². The zero-order valence-electron chi connectivity index (χ0n) is 8.23. The highest BCUT2D eigenvalue weighted by Crippen LogP contribution is 2.18. The van der Waals surface area contributed by atoms with E-state index >= 15 is 0 Å². The van der Waals surface area contributed by atoms with Gasteiger partial charge in [0.15, 0.2) is 0 Å². The van der Waals surface area contributed by atoms with E-state index in [9.17, 15) is 9.59 Å². The molecule has 0 spiro atoms. The van der Waals surface area contributed by atoms with Crippen molar-refractivity contribution in [1.82, 2.24) is 4.90 Å². The third-order valence-electron chi connectivity index (χ3n) is 1.44. The van der Waals surface area contributed by atoms with Crippen LogP contribution < -0.4 is 11.5 Å². The van der Waals surface area contributed by atoms with Gasteiger partial charge < -0.3 is 11.5 Å². The summed E-state index contributed by atoms with van der Waals surface area (Å²) in [6, 6.07) is 0. The molecule has 82 valence electrons. The molecule has 0 aromatic heterocycles. The van der Waals surface area contributed by atoms with Crippen LogP contribution in [0.25, 0.3) is 0 Å². The molecule has 4 N–H and O–H groups in total. The van der Waals surface area contributed by atoms with E-state index < -0.39 is 10.5 Å². The van der Waals surface area contributed by atoms with E-state index in [1.165, 1.54) is 0 Å². The average molecular weight is 237 g/mol. The molecule has 0 saturated carbocycles. The highest BCUT2D eigenvalue weighted by molar-refractivity contribution is 8.14. The minimum absolute atomic E-state index is 0.000602. The molecule has 7 heteroatoms. The molecule has 0 fully saturated rings. The minimum Gasteiger partial charge on any atom is -0.361 e. The van der Waals surface area contributed by atoms with E-state index in [-0.39, 0.29) is 5.37 Å². The molecular formula is C7H15N3O2S2. The maximum atomic E-state index is 10.7. The Morgan fingerprint density at radius 1 is 1.29 bits per heavy atom. The summed E-state index contributed by atoms with van der Waals surface area (Å²) in [6.45, 7) is 0. The molecule has 0 radical (unpaired) electrons. The van der Waals surface area contributed by atoms with Gasteiger partial charge in [0.1, 0.15) is 0 Å². The smallest absolute Gasteiger partial charge is 0.278 e. The Morgan fingerprint density at radius 3 is 2.21 bits per heavy atom. The molecule has 0 aliphatic heterocycles. The summed E-state index contributed by atoms with van der Waals surface area (Å²) in [5.41, 5.74) is 10.0. The molecule has 0 unspecified atom stereocenters. The predicted molar refractivity (Wildman–Crippen MR) is 61.3 cm³/mol. The Bertz CT molecular complexity index is 211. The first-order valence-electron chi connectivity index (χ1n) is 3.98. The van der Waals surface area contributed by atoms with Crippen LogP contribution in [-0.4, -0.2) is 40.6 Å². The normalized spacial score (nSPS) is 12.8. The highest BCUT2D eigenvalue weighted by Gasteiger charge is 2.15. The summed E-state index contributed by atoms with van der Waals surface area (Å²) in [5.74, 6) is 0.596. The van der Waals surface area contributed by atoms with E-state index in [4.69, 9.17) is 11.5 Å². The van der Waals surface area contributed by atoms with Crippen molar-refractivity contribution in [3.63, 3.8) is 0 Å². The van der Waals surface area contributed by atoms with Crippen molar-refractivity contribution in [2.75, 3.05) is 19.8 Å². The molecule has 0 aromatic rings. The third-order valence-corrected chi connectivity index (χ3v) is 3.32. The quantitative estimate of drug-likeness (QED) is 0.693. The van der Waals surface area contributed by atoms with Gasteiger partial charge in [0.25, 0.3) is 10.5 Å². The SMILES string of the molecule is CN(C)[C@H](CCSC(N)=O)SC(N)=O. The lowest BCUT2D eigenvalue weighted by Crippen LogP contribution is -2.28. The number of amides is 2. The van der Waals surface area contributed by atoms with Crippen molar-refractivity contribution < 1.29 is 9.59 Å². The van der Waals surface area contributed by atoms with E-state index in [1.807, 2.05) is 19.0 Å². The number of nitrogens with zero attached hydrogens (tertiary/aromatic N) is 1. The number of hydrogen-bond donors (Lipinski definition) is 2. The van der Waals surface area contributed by atoms with Crippen LogP contribution in [-0.2, 0) is 0 Å². The minimum atomic E-state index is -0.409. The summed E-state index contributed by atoms with van der Waals surface area (Å²) in [7, 11) is 3.71. The second-order valence-corrected chi connectivity index (χ2v) is 5.09. The van der Waals surface area contributed by atoms with Crippen molar-refractivity contribution in [3.05, 3.63) is 0 Å². The number of primary amides is 2. The second kappa shape index (κ2) is 6.97. The van der Waals surface area contributed by atoms with E-state index in [0.717, 1.165) is 23.5 Å².